The number of unbranched alkanes of at least 4 members (excludes halogenated alkanes) is 1. The Morgan fingerprint density at radius 3 is 1.94 bits per heavy atom. The molecule has 0 aliphatic carbocycles. The summed E-state index contributed by atoms with van der Waals surface area (Å²) < 4.78 is 3.25. The first-order valence-electron chi connectivity index (χ1n) is 11.4. The minimum Gasteiger partial charge on any atom is -0.351 e. The first-order chi connectivity index (χ1) is 16.6. The van der Waals surface area contributed by atoms with Crippen LogP contribution in [0.4, 0.5) is 11.4 Å². The Morgan fingerprint density at radius 2 is 1.37 bits per heavy atom. The van der Waals surface area contributed by atoms with Crippen LogP contribution in [0, 0.1) is 0 Å². The predicted octanol–water partition coefficient (Wildman–Crippen LogP) is 1.30. The normalized spacial score (nSPS) is 10.8. The lowest BCUT2D eigenvalue weighted by molar-refractivity contribution is -0.129. The maximum Gasteiger partial charge on any atom is 0.272 e. The zero-order valence-electron chi connectivity index (χ0n) is 20.7. The van der Waals surface area contributed by atoms with E-state index in [0.717, 1.165) is 13.0 Å². The van der Waals surface area contributed by atoms with Crippen molar-refractivity contribution in [2.75, 3.05) is 37.8 Å². The fraction of sp³-hybridized carbons (Fsp3) is 0.478. The SMILES string of the molecule is CN(C)CCCNC(=O)c1cc(NC(=O)c2cc(NC(=O)CCCCC(=O)NO)cn2C)cn1C. The average molecular weight is 490 g/mol. The van der Waals surface area contributed by atoms with E-state index in [-0.39, 0.29) is 30.6 Å². The van der Waals surface area contributed by atoms with Crippen LogP contribution in [0.3, 0.4) is 0 Å². The molecule has 0 aliphatic rings. The van der Waals surface area contributed by atoms with Crippen LogP contribution in [-0.4, -0.2) is 70.1 Å². The maximum atomic E-state index is 12.8. The van der Waals surface area contributed by atoms with Crippen molar-refractivity contribution in [2.24, 2.45) is 14.1 Å². The number of hydrogen-bond acceptors (Lipinski definition) is 6. The van der Waals surface area contributed by atoms with E-state index in [1.165, 1.54) is 0 Å². The molecule has 2 heterocycles. The van der Waals surface area contributed by atoms with E-state index in [1.54, 1.807) is 53.2 Å². The third-order valence-electron chi connectivity index (χ3n) is 5.27. The number of nitrogens with zero attached hydrogens (tertiary/aromatic N) is 3. The van der Waals surface area contributed by atoms with Crippen LogP contribution in [0.15, 0.2) is 24.5 Å². The summed E-state index contributed by atoms with van der Waals surface area (Å²) in [6.07, 6.45) is 5.42. The highest BCUT2D eigenvalue weighted by atomic mass is 16.5. The van der Waals surface area contributed by atoms with E-state index in [4.69, 9.17) is 5.21 Å². The summed E-state index contributed by atoms with van der Waals surface area (Å²) in [4.78, 5) is 50.4. The van der Waals surface area contributed by atoms with Gasteiger partial charge in [-0.15, -0.1) is 0 Å². The van der Waals surface area contributed by atoms with Gasteiger partial charge in [-0.2, -0.15) is 0 Å². The maximum absolute atomic E-state index is 12.8. The Hall–Kier alpha value is -3.64. The molecule has 0 spiro atoms. The number of hydrogen-bond donors (Lipinski definition) is 5. The lowest BCUT2D eigenvalue weighted by Gasteiger charge is -2.10. The second-order valence-corrected chi connectivity index (χ2v) is 8.61. The minimum atomic E-state index is -0.490. The highest BCUT2D eigenvalue weighted by molar-refractivity contribution is 6.05. The van der Waals surface area contributed by atoms with Gasteiger partial charge in [0.1, 0.15) is 11.4 Å². The van der Waals surface area contributed by atoms with Crippen molar-refractivity contribution < 1.29 is 24.4 Å². The summed E-state index contributed by atoms with van der Waals surface area (Å²) in [5.74, 6) is -1.33. The van der Waals surface area contributed by atoms with E-state index in [9.17, 15) is 19.2 Å². The van der Waals surface area contributed by atoms with Crippen molar-refractivity contribution >= 4 is 35.0 Å². The quantitative estimate of drug-likeness (QED) is 0.163. The van der Waals surface area contributed by atoms with Gasteiger partial charge in [-0.05, 0) is 52.0 Å². The number of nitrogens with one attached hydrogen (secondary N) is 4. The lowest BCUT2D eigenvalue weighted by atomic mass is 10.2. The summed E-state index contributed by atoms with van der Waals surface area (Å²) in [7, 11) is 7.37. The fourth-order valence-electron chi connectivity index (χ4n) is 3.45. The third kappa shape index (κ3) is 8.91. The van der Waals surface area contributed by atoms with Crippen molar-refractivity contribution in [3.8, 4) is 0 Å². The Labute approximate surface area is 204 Å². The van der Waals surface area contributed by atoms with Gasteiger partial charge in [-0.25, -0.2) is 5.48 Å². The molecule has 0 saturated heterocycles. The molecule has 12 heteroatoms. The van der Waals surface area contributed by atoms with Crippen LogP contribution < -0.4 is 21.4 Å². The van der Waals surface area contributed by atoms with Gasteiger partial charge >= 0.3 is 0 Å². The van der Waals surface area contributed by atoms with E-state index in [1.807, 2.05) is 19.0 Å². The summed E-state index contributed by atoms with van der Waals surface area (Å²) >= 11 is 0. The Morgan fingerprint density at radius 1 is 0.829 bits per heavy atom. The molecule has 35 heavy (non-hydrogen) atoms. The number of rotatable bonds is 13. The topological polar surface area (TPSA) is 150 Å². The van der Waals surface area contributed by atoms with Gasteiger partial charge in [0, 0.05) is 45.9 Å². The number of anilines is 2. The highest BCUT2D eigenvalue weighted by Crippen LogP contribution is 2.18. The zero-order valence-corrected chi connectivity index (χ0v) is 20.7. The van der Waals surface area contributed by atoms with Crippen LogP contribution in [0.25, 0.3) is 0 Å². The second kappa shape index (κ2) is 13.3. The van der Waals surface area contributed by atoms with E-state index >= 15 is 0 Å². The number of amides is 4. The molecule has 4 amide bonds. The van der Waals surface area contributed by atoms with Crippen molar-refractivity contribution in [2.45, 2.75) is 32.1 Å². The Bertz CT molecular complexity index is 1040. The molecule has 0 saturated carbocycles. The molecule has 0 aliphatic heterocycles. The first kappa shape index (κ1) is 27.6. The van der Waals surface area contributed by atoms with Crippen molar-refractivity contribution in [1.82, 2.24) is 24.8 Å². The predicted molar refractivity (Wildman–Crippen MR) is 131 cm³/mol. The molecule has 0 bridgehead atoms. The smallest absolute Gasteiger partial charge is 0.272 e. The minimum absolute atomic E-state index is 0.138. The van der Waals surface area contributed by atoms with Crippen LogP contribution in [-0.2, 0) is 23.7 Å². The molecule has 0 atom stereocenters. The van der Waals surface area contributed by atoms with Gasteiger partial charge in [0.05, 0.1) is 11.4 Å². The molecule has 5 N–H and O–H groups in total. The van der Waals surface area contributed by atoms with Gasteiger partial charge < -0.3 is 30.0 Å². The number of carbonyl (C=O) groups excluding carboxylic acids is 4. The Kier molecular flexibility index (Phi) is 10.5. The summed E-state index contributed by atoms with van der Waals surface area (Å²) in [6.45, 7) is 1.43. The second-order valence-electron chi connectivity index (χ2n) is 8.61. The summed E-state index contributed by atoms with van der Waals surface area (Å²) in [5, 5.41) is 16.9. The van der Waals surface area contributed by atoms with Crippen molar-refractivity contribution in [3.05, 3.63) is 35.9 Å². The highest BCUT2D eigenvalue weighted by Gasteiger charge is 2.17. The molecular formula is C23H35N7O5. The molecule has 2 aromatic rings. The third-order valence-corrected chi connectivity index (χ3v) is 5.27. The van der Waals surface area contributed by atoms with Crippen molar-refractivity contribution in [1.29, 1.82) is 0 Å². The van der Waals surface area contributed by atoms with E-state index in [2.05, 4.69) is 16.0 Å². The summed E-state index contributed by atoms with van der Waals surface area (Å²) in [6, 6.07) is 3.18. The molecule has 192 valence electrons. The van der Waals surface area contributed by atoms with Crippen LogP contribution in [0.2, 0.25) is 0 Å². The van der Waals surface area contributed by atoms with E-state index in [0.29, 0.717) is 42.1 Å². The molecule has 2 aromatic heterocycles. The van der Waals surface area contributed by atoms with E-state index < -0.39 is 5.91 Å². The number of hydroxylamine groups is 1. The largest absolute Gasteiger partial charge is 0.351 e. The molecule has 12 nitrogen and oxygen atoms in total. The number of aryl methyl sites for hydroxylation is 2. The number of aromatic nitrogens is 2. The van der Waals surface area contributed by atoms with Gasteiger partial charge in [-0.1, -0.05) is 0 Å². The van der Waals surface area contributed by atoms with Gasteiger partial charge in [-0.3, -0.25) is 24.4 Å². The fourth-order valence-corrected chi connectivity index (χ4v) is 3.45. The van der Waals surface area contributed by atoms with Crippen molar-refractivity contribution in [3.63, 3.8) is 0 Å². The average Bonchev–Trinajstić information content (AvgIpc) is 3.35. The molecular weight excluding hydrogens is 454 g/mol. The summed E-state index contributed by atoms with van der Waals surface area (Å²) in [5.41, 5.74) is 3.27. The molecule has 2 rings (SSSR count). The van der Waals surface area contributed by atoms with Crippen LogP contribution in [0.5, 0.6) is 0 Å². The zero-order chi connectivity index (χ0) is 26.0. The van der Waals surface area contributed by atoms with Gasteiger partial charge in [0.15, 0.2) is 0 Å². The molecule has 0 fully saturated rings. The lowest BCUT2D eigenvalue weighted by Crippen LogP contribution is -2.28. The Balaban J connectivity index is 1.89. The van der Waals surface area contributed by atoms with Crippen LogP contribution in [0.1, 0.15) is 53.1 Å². The standard InChI is InChI=1S/C23H35N7O5/c1-28(2)11-7-10-24-22(33)18-13-17(15-29(18)3)26-23(34)19-12-16(14-30(19)4)25-20(31)8-5-6-9-21(32)27-35/h12-15,35H,5-11H2,1-4H3,(H,24,33)(H,25,31)(H,26,34)(H,27,32). The van der Waals surface area contributed by atoms with Gasteiger partial charge in [0.25, 0.3) is 11.8 Å². The molecule has 0 unspecified atom stereocenters. The van der Waals surface area contributed by atoms with Crippen LogP contribution >= 0.6 is 0 Å². The molecule has 0 radical (unpaired) electrons. The van der Waals surface area contributed by atoms with Gasteiger partial charge in [0.2, 0.25) is 11.8 Å². The number of carbonyl (C=O) groups is 4. The monoisotopic (exact) mass is 489 g/mol. The molecule has 0 aromatic carbocycles. The first-order valence-corrected chi connectivity index (χ1v) is 11.4.